The number of carbonyl (C=O) groups is 2. The van der Waals surface area contributed by atoms with Crippen molar-refractivity contribution < 1.29 is 19.1 Å². The minimum Gasteiger partial charge on any atom is -0.452 e. The molecule has 0 bridgehead atoms. The number of nitrogens with zero attached hydrogens (tertiary/aromatic N) is 1. The molecule has 1 aliphatic rings. The fraction of sp³-hybridized carbons (Fsp3) is 0.300. The molecule has 1 saturated heterocycles. The molecule has 0 radical (unpaired) electrons. The van der Waals surface area contributed by atoms with Crippen LogP contribution in [0, 0.1) is 6.92 Å². The van der Waals surface area contributed by atoms with E-state index in [1.807, 2.05) is 24.3 Å². The highest BCUT2D eigenvalue weighted by molar-refractivity contribution is 5.98. The normalized spacial score (nSPS) is 13.9. The van der Waals surface area contributed by atoms with Crippen molar-refractivity contribution in [1.82, 2.24) is 0 Å². The summed E-state index contributed by atoms with van der Waals surface area (Å²) in [5.74, 6) is -1.03. The number of benzene rings is 2. The first-order valence-electron chi connectivity index (χ1n) is 8.79. The summed E-state index contributed by atoms with van der Waals surface area (Å²) in [6, 6.07) is 12.6. The molecule has 0 unspecified atom stereocenters. The van der Waals surface area contributed by atoms with Gasteiger partial charge in [0.15, 0.2) is 6.61 Å². The van der Waals surface area contributed by atoms with Crippen LogP contribution in [0.3, 0.4) is 0 Å². The molecule has 0 saturated carbocycles. The van der Waals surface area contributed by atoms with Gasteiger partial charge in [-0.2, -0.15) is 0 Å². The SMILES string of the molecule is Cc1cccc(C(=O)OCC(=O)Nc2ccc(N3CCOCC3)cc2)c1N. The van der Waals surface area contributed by atoms with Crippen molar-refractivity contribution in [2.24, 2.45) is 0 Å². The molecule has 1 amide bonds. The number of ether oxygens (including phenoxy) is 2. The summed E-state index contributed by atoms with van der Waals surface area (Å²) in [5.41, 5.74) is 9.01. The number of esters is 1. The van der Waals surface area contributed by atoms with Crippen molar-refractivity contribution in [2.45, 2.75) is 6.92 Å². The van der Waals surface area contributed by atoms with Crippen LogP contribution in [0.1, 0.15) is 15.9 Å². The van der Waals surface area contributed by atoms with Crippen molar-refractivity contribution in [3.8, 4) is 0 Å². The van der Waals surface area contributed by atoms with Crippen molar-refractivity contribution in [3.63, 3.8) is 0 Å². The van der Waals surface area contributed by atoms with Crippen molar-refractivity contribution in [1.29, 1.82) is 0 Å². The molecule has 0 spiro atoms. The molecular formula is C20H23N3O4. The quantitative estimate of drug-likeness (QED) is 0.620. The van der Waals surface area contributed by atoms with Crippen LogP contribution >= 0.6 is 0 Å². The first kappa shape index (κ1) is 18.7. The number of nitrogens with two attached hydrogens (primary N) is 1. The first-order valence-corrected chi connectivity index (χ1v) is 8.79. The van der Waals surface area contributed by atoms with Gasteiger partial charge in [0, 0.05) is 30.2 Å². The van der Waals surface area contributed by atoms with Crippen LogP contribution in [0.2, 0.25) is 0 Å². The van der Waals surface area contributed by atoms with E-state index in [9.17, 15) is 9.59 Å². The van der Waals surface area contributed by atoms with Crippen molar-refractivity contribution in [2.75, 3.05) is 48.9 Å². The van der Waals surface area contributed by atoms with Crippen molar-refractivity contribution >= 4 is 28.9 Å². The van der Waals surface area contributed by atoms with E-state index in [2.05, 4.69) is 10.2 Å². The van der Waals surface area contributed by atoms with Gasteiger partial charge >= 0.3 is 5.97 Å². The second kappa shape index (κ2) is 8.55. The Labute approximate surface area is 158 Å². The second-order valence-corrected chi connectivity index (χ2v) is 6.31. The molecule has 0 aliphatic carbocycles. The van der Waals surface area contributed by atoms with E-state index in [0.29, 0.717) is 11.4 Å². The van der Waals surface area contributed by atoms with Gasteiger partial charge < -0.3 is 25.4 Å². The lowest BCUT2D eigenvalue weighted by Crippen LogP contribution is -2.36. The highest BCUT2D eigenvalue weighted by Gasteiger charge is 2.15. The lowest BCUT2D eigenvalue weighted by atomic mass is 10.1. The Morgan fingerprint density at radius 1 is 1.15 bits per heavy atom. The number of morpholine rings is 1. The number of carbonyl (C=O) groups excluding carboxylic acids is 2. The fourth-order valence-corrected chi connectivity index (χ4v) is 2.84. The van der Waals surface area contributed by atoms with Gasteiger partial charge in [0.25, 0.3) is 5.91 Å². The van der Waals surface area contributed by atoms with Gasteiger partial charge in [-0.25, -0.2) is 4.79 Å². The number of amides is 1. The standard InChI is InChI=1S/C20H23N3O4/c1-14-3-2-4-17(19(14)21)20(25)27-13-18(24)22-15-5-7-16(8-6-15)23-9-11-26-12-10-23/h2-8H,9-13,21H2,1H3,(H,22,24). The fourth-order valence-electron chi connectivity index (χ4n) is 2.84. The molecule has 2 aromatic rings. The molecule has 2 aromatic carbocycles. The minimum absolute atomic E-state index is 0.262. The number of anilines is 3. The van der Waals surface area contributed by atoms with Crippen molar-refractivity contribution in [3.05, 3.63) is 53.6 Å². The predicted octanol–water partition coefficient (Wildman–Crippen LogP) is 2.21. The first-order chi connectivity index (χ1) is 13.0. The third-order valence-corrected chi connectivity index (χ3v) is 4.41. The number of nitrogens with one attached hydrogen (secondary N) is 1. The topological polar surface area (TPSA) is 93.9 Å². The summed E-state index contributed by atoms with van der Waals surface area (Å²) in [4.78, 5) is 26.4. The summed E-state index contributed by atoms with van der Waals surface area (Å²) < 4.78 is 10.4. The lowest BCUT2D eigenvalue weighted by molar-refractivity contribution is -0.119. The van der Waals surface area contributed by atoms with E-state index < -0.39 is 11.9 Å². The zero-order valence-corrected chi connectivity index (χ0v) is 15.2. The Kier molecular flexibility index (Phi) is 5.93. The molecule has 3 N–H and O–H groups in total. The molecule has 1 aliphatic heterocycles. The second-order valence-electron chi connectivity index (χ2n) is 6.31. The minimum atomic E-state index is -0.617. The number of para-hydroxylation sites is 1. The molecular weight excluding hydrogens is 346 g/mol. The van der Waals surface area contributed by atoms with Crippen LogP contribution < -0.4 is 16.0 Å². The predicted molar refractivity (Wildman–Crippen MR) is 104 cm³/mol. The van der Waals surface area contributed by atoms with E-state index in [1.165, 1.54) is 0 Å². The maximum atomic E-state index is 12.1. The summed E-state index contributed by atoms with van der Waals surface area (Å²) in [7, 11) is 0. The van der Waals surface area contributed by atoms with Crippen LogP contribution in [-0.4, -0.2) is 44.8 Å². The Morgan fingerprint density at radius 2 is 1.85 bits per heavy atom. The van der Waals surface area contributed by atoms with Gasteiger partial charge in [-0.3, -0.25) is 4.79 Å². The van der Waals surface area contributed by atoms with Crippen LogP contribution in [0.4, 0.5) is 17.1 Å². The zero-order valence-electron chi connectivity index (χ0n) is 15.2. The van der Waals surface area contributed by atoms with Crippen LogP contribution in [0.25, 0.3) is 0 Å². The summed E-state index contributed by atoms with van der Waals surface area (Å²) in [5, 5.41) is 2.71. The maximum absolute atomic E-state index is 12.1. The van der Waals surface area contributed by atoms with Crippen LogP contribution in [0.15, 0.2) is 42.5 Å². The van der Waals surface area contributed by atoms with Gasteiger partial charge in [0.2, 0.25) is 0 Å². The monoisotopic (exact) mass is 369 g/mol. The smallest absolute Gasteiger partial charge is 0.340 e. The number of nitrogen functional groups attached to an aromatic ring is 1. The Bertz CT molecular complexity index is 814. The Morgan fingerprint density at radius 3 is 2.56 bits per heavy atom. The molecule has 0 atom stereocenters. The van der Waals surface area contributed by atoms with E-state index >= 15 is 0 Å². The third kappa shape index (κ3) is 4.77. The molecule has 142 valence electrons. The molecule has 7 nitrogen and oxygen atoms in total. The summed E-state index contributed by atoms with van der Waals surface area (Å²) in [6.45, 7) is 4.56. The maximum Gasteiger partial charge on any atom is 0.340 e. The molecule has 0 aromatic heterocycles. The van der Waals surface area contributed by atoms with E-state index in [4.69, 9.17) is 15.2 Å². The highest BCUT2D eigenvalue weighted by atomic mass is 16.5. The molecule has 1 fully saturated rings. The number of hydrogen-bond donors (Lipinski definition) is 2. The van der Waals surface area contributed by atoms with Crippen LogP contribution in [-0.2, 0) is 14.3 Å². The summed E-state index contributed by atoms with van der Waals surface area (Å²) in [6.07, 6.45) is 0. The van der Waals surface area contributed by atoms with E-state index in [0.717, 1.165) is 37.6 Å². The Hall–Kier alpha value is -3.06. The Balaban J connectivity index is 1.51. The number of hydrogen-bond acceptors (Lipinski definition) is 6. The molecule has 27 heavy (non-hydrogen) atoms. The van der Waals surface area contributed by atoms with Gasteiger partial charge in [-0.1, -0.05) is 12.1 Å². The number of aryl methyl sites for hydroxylation is 1. The average Bonchev–Trinajstić information content (AvgIpc) is 2.69. The molecule has 7 heteroatoms. The van der Waals surface area contributed by atoms with E-state index in [-0.39, 0.29) is 12.2 Å². The van der Waals surface area contributed by atoms with E-state index in [1.54, 1.807) is 25.1 Å². The highest BCUT2D eigenvalue weighted by Crippen LogP contribution is 2.19. The number of rotatable bonds is 5. The lowest BCUT2D eigenvalue weighted by Gasteiger charge is -2.28. The van der Waals surface area contributed by atoms with Crippen LogP contribution in [0.5, 0.6) is 0 Å². The average molecular weight is 369 g/mol. The van der Waals surface area contributed by atoms with Gasteiger partial charge in [0.1, 0.15) is 0 Å². The zero-order chi connectivity index (χ0) is 19.2. The largest absolute Gasteiger partial charge is 0.452 e. The van der Waals surface area contributed by atoms with Gasteiger partial charge in [0.05, 0.1) is 18.8 Å². The summed E-state index contributed by atoms with van der Waals surface area (Å²) >= 11 is 0. The third-order valence-electron chi connectivity index (χ3n) is 4.41. The molecule has 3 rings (SSSR count). The molecule has 1 heterocycles. The van der Waals surface area contributed by atoms with Gasteiger partial charge in [-0.15, -0.1) is 0 Å². The van der Waals surface area contributed by atoms with Gasteiger partial charge in [-0.05, 0) is 42.8 Å².